The standard InChI is InChI=1S/C12H16FNO3/c1-12(17-8-13)5-2-3-9(4-6-12)7-10(14)11(15)16/h2-6,10H,7-8,14H2,1H3,(H,15,16). The summed E-state index contributed by atoms with van der Waals surface area (Å²) < 4.78 is 17.1. The van der Waals surface area contributed by atoms with Crippen LogP contribution in [0.15, 0.2) is 36.0 Å². The molecule has 5 heteroatoms. The molecule has 0 saturated heterocycles. The number of ether oxygens (including phenoxy) is 1. The Kier molecular flexibility index (Phi) is 4.60. The van der Waals surface area contributed by atoms with Gasteiger partial charge < -0.3 is 15.6 Å². The van der Waals surface area contributed by atoms with Crippen molar-refractivity contribution in [2.45, 2.75) is 25.0 Å². The summed E-state index contributed by atoms with van der Waals surface area (Å²) in [5.41, 5.74) is 5.40. The van der Waals surface area contributed by atoms with Crippen LogP contribution in [0.5, 0.6) is 0 Å². The zero-order valence-electron chi connectivity index (χ0n) is 9.60. The number of carbonyl (C=O) groups is 1. The zero-order valence-corrected chi connectivity index (χ0v) is 9.60. The van der Waals surface area contributed by atoms with Gasteiger partial charge >= 0.3 is 5.97 Å². The van der Waals surface area contributed by atoms with Crippen LogP contribution in [0.25, 0.3) is 0 Å². The fraction of sp³-hybridized carbons (Fsp3) is 0.417. The first-order valence-corrected chi connectivity index (χ1v) is 5.23. The molecule has 2 atom stereocenters. The number of nitrogens with two attached hydrogens (primary N) is 1. The molecule has 0 amide bonds. The van der Waals surface area contributed by atoms with E-state index in [1.807, 2.05) is 0 Å². The molecular formula is C12H16FNO3. The molecule has 1 aliphatic carbocycles. The summed E-state index contributed by atoms with van der Waals surface area (Å²) in [6.45, 7) is 0.836. The molecule has 2 unspecified atom stereocenters. The van der Waals surface area contributed by atoms with Crippen molar-refractivity contribution in [3.05, 3.63) is 36.0 Å². The van der Waals surface area contributed by atoms with E-state index in [9.17, 15) is 9.18 Å². The topological polar surface area (TPSA) is 72.5 Å². The Morgan fingerprint density at radius 2 is 2.35 bits per heavy atom. The summed E-state index contributed by atoms with van der Waals surface area (Å²) in [6, 6.07) is -0.939. The highest BCUT2D eigenvalue weighted by Crippen LogP contribution is 2.20. The minimum Gasteiger partial charge on any atom is -0.480 e. The summed E-state index contributed by atoms with van der Waals surface area (Å²) in [5.74, 6) is -1.05. The van der Waals surface area contributed by atoms with Crippen LogP contribution in [0.1, 0.15) is 13.3 Å². The number of carboxylic acids is 1. The van der Waals surface area contributed by atoms with Crippen molar-refractivity contribution in [3.8, 4) is 0 Å². The summed E-state index contributed by atoms with van der Waals surface area (Å²) >= 11 is 0. The minimum absolute atomic E-state index is 0.224. The van der Waals surface area contributed by atoms with Crippen molar-refractivity contribution in [2.75, 3.05) is 6.86 Å². The van der Waals surface area contributed by atoms with Gasteiger partial charge in [-0.1, -0.05) is 18.2 Å². The molecule has 17 heavy (non-hydrogen) atoms. The molecule has 1 rings (SSSR count). The predicted molar refractivity (Wildman–Crippen MR) is 62.1 cm³/mol. The van der Waals surface area contributed by atoms with Crippen molar-refractivity contribution in [3.63, 3.8) is 0 Å². The highest BCUT2D eigenvalue weighted by molar-refractivity contribution is 5.73. The summed E-state index contributed by atoms with van der Waals surface area (Å²) in [7, 11) is 0. The van der Waals surface area contributed by atoms with Gasteiger partial charge in [0, 0.05) is 0 Å². The maximum absolute atomic E-state index is 12.2. The largest absolute Gasteiger partial charge is 0.480 e. The third kappa shape index (κ3) is 4.13. The van der Waals surface area contributed by atoms with Gasteiger partial charge in [-0.05, 0) is 31.1 Å². The van der Waals surface area contributed by atoms with E-state index < -0.39 is 24.5 Å². The third-order valence-corrected chi connectivity index (χ3v) is 2.50. The second-order valence-corrected chi connectivity index (χ2v) is 4.02. The average Bonchev–Trinajstić information content (AvgIpc) is 2.42. The molecule has 0 saturated carbocycles. The molecule has 4 nitrogen and oxygen atoms in total. The average molecular weight is 241 g/mol. The molecule has 0 spiro atoms. The van der Waals surface area contributed by atoms with Gasteiger partial charge in [0.1, 0.15) is 11.6 Å². The van der Waals surface area contributed by atoms with E-state index in [1.54, 1.807) is 37.3 Å². The van der Waals surface area contributed by atoms with Crippen LogP contribution in [-0.4, -0.2) is 29.6 Å². The summed E-state index contributed by atoms with van der Waals surface area (Å²) in [6.07, 6.45) is 8.75. The van der Waals surface area contributed by atoms with Gasteiger partial charge in [-0.15, -0.1) is 0 Å². The van der Waals surface area contributed by atoms with E-state index in [0.29, 0.717) is 0 Å². The van der Waals surface area contributed by atoms with E-state index in [-0.39, 0.29) is 6.42 Å². The zero-order chi connectivity index (χ0) is 12.9. The number of hydrogen-bond donors (Lipinski definition) is 2. The normalized spacial score (nSPS) is 25.2. The van der Waals surface area contributed by atoms with Crippen molar-refractivity contribution in [1.29, 1.82) is 0 Å². The summed E-state index contributed by atoms with van der Waals surface area (Å²) in [4.78, 5) is 10.6. The van der Waals surface area contributed by atoms with E-state index in [2.05, 4.69) is 0 Å². The van der Waals surface area contributed by atoms with Crippen molar-refractivity contribution in [1.82, 2.24) is 0 Å². The van der Waals surface area contributed by atoms with Gasteiger partial charge in [0.2, 0.25) is 0 Å². The fourth-order valence-electron chi connectivity index (χ4n) is 1.44. The number of halogens is 1. The first-order valence-electron chi connectivity index (χ1n) is 5.23. The third-order valence-electron chi connectivity index (χ3n) is 2.50. The Bertz CT molecular complexity index is 376. The molecule has 0 aromatic heterocycles. The van der Waals surface area contributed by atoms with E-state index >= 15 is 0 Å². The second-order valence-electron chi connectivity index (χ2n) is 4.02. The highest BCUT2D eigenvalue weighted by Gasteiger charge is 2.20. The first-order chi connectivity index (χ1) is 7.97. The number of aliphatic carboxylic acids is 1. The van der Waals surface area contributed by atoms with Gasteiger partial charge in [-0.2, -0.15) is 0 Å². The van der Waals surface area contributed by atoms with E-state index in [0.717, 1.165) is 5.57 Å². The van der Waals surface area contributed by atoms with Crippen molar-refractivity contribution < 1.29 is 19.0 Å². The lowest BCUT2D eigenvalue weighted by Gasteiger charge is -2.19. The first kappa shape index (κ1) is 13.6. The predicted octanol–water partition coefficient (Wildman–Crippen LogP) is 1.54. The Morgan fingerprint density at radius 1 is 1.65 bits per heavy atom. The quantitative estimate of drug-likeness (QED) is 0.765. The Balaban J connectivity index is 2.71. The fourth-order valence-corrected chi connectivity index (χ4v) is 1.44. The molecule has 0 aromatic rings. The van der Waals surface area contributed by atoms with Crippen LogP contribution in [-0.2, 0) is 9.53 Å². The molecule has 3 N–H and O–H groups in total. The smallest absolute Gasteiger partial charge is 0.320 e. The number of allylic oxidation sites excluding steroid dienone is 3. The molecule has 0 radical (unpaired) electrons. The minimum atomic E-state index is -1.05. The number of alkyl halides is 1. The Labute approximate surface area is 99.3 Å². The van der Waals surface area contributed by atoms with Crippen LogP contribution in [0.2, 0.25) is 0 Å². The number of hydrogen-bond acceptors (Lipinski definition) is 3. The Hall–Kier alpha value is -1.46. The lowest BCUT2D eigenvalue weighted by Crippen LogP contribution is -2.30. The number of carboxylic acid groups (broad SMARTS) is 1. The van der Waals surface area contributed by atoms with Crippen LogP contribution in [0, 0.1) is 0 Å². The lowest BCUT2D eigenvalue weighted by atomic mass is 10.0. The SMILES string of the molecule is CC1(OCF)C=CC=C(CC(N)C(=O)O)C=C1. The lowest BCUT2D eigenvalue weighted by molar-refractivity contribution is -0.138. The van der Waals surface area contributed by atoms with Crippen molar-refractivity contribution in [2.24, 2.45) is 5.73 Å². The Morgan fingerprint density at radius 3 is 2.94 bits per heavy atom. The maximum atomic E-state index is 12.2. The molecule has 1 aliphatic rings. The van der Waals surface area contributed by atoms with Gasteiger partial charge in [-0.25, -0.2) is 4.39 Å². The maximum Gasteiger partial charge on any atom is 0.320 e. The van der Waals surface area contributed by atoms with Crippen molar-refractivity contribution >= 4 is 5.97 Å². The van der Waals surface area contributed by atoms with Gasteiger partial charge in [0.05, 0.1) is 0 Å². The molecule has 0 aliphatic heterocycles. The van der Waals surface area contributed by atoms with E-state index in [1.165, 1.54) is 0 Å². The van der Waals surface area contributed by atoms with Gasteiger partial charge in [-0.3, -0.25) is 4.79 Å². The van der Waals surface area contributed by atoms with Crippen LogP contribution < -0.4 is 5.73 Å². The highest BCUT2D eigenvalue weighted by atomic mass is 19.1. The molecule has 0 heterocycles. The van der Waals surface area contributed by atoms with Crippen LogP contribution in [0.4, 0.5) is 4.39 Å². The van der Waals surface area contributed by atoms with Crippen LogP contribution >= 0.6 is 0 Å². The second kappa shape index (κ2) is 5.75. The molecule has 0 bridgehead atoms. The van der Waals surface area contributed by atoms with Gasteiger partial charge in [0.25, 0.3) is 0 Å². The number of rotatable bonds is 5. The molecule has 0 fully saturated rings. The molecule has 0 aromatic carbocycles. The molecule has 94 valence electrons. The van der Waals surface area contributed by atoms with E-state index in [4.69, 9.17) is 15.6 Å². The molecular weight excluding hydrogens is 225 g/mol. The monoisotopic (exact) mass is 241 g/mol. The van der Waals surface area contributed by atoms with Gasteiger partial charge in [0.15, 0.2) is 6.86 Å². The van der Waals surface area contributed by atoms with Crippen LogP contribution in [0.3, 0.4) is 0 Å². The summed E-state index contributed by atoms with van der Waals surface area (Å²) in [5, 5.41) is 8.70.